The number of hydrogen-bond acceptors (Lipinski definition) is 7. The smallest absolute Gasteiger partial charge is 0.462 e. The number of carbonyl (C=O) groups excluding carboxylic acids is 2. The number of likely N-dealkylation sites (N-methyl/N-ethyl adjacent to an activating group) is 1. The van der Waals surface area contributed by atoms with E-state index >= 15 is 0 Å². The summed E-state index contributed by atoms with van der Waals surface area (Å²) >= 11 is 0. The van der Waals surface area contributed by atoms with Crippen molar-refractivity contribution in [3.63, 3.8) is 0 Å². The number of nitrogens with zero attached hydrogens (tertiary/aromatic N) is 1. The molecule has 0 aliphatic heterocycles. The topological polar surface area (TPSA) is 108 Å². The van der Waals surface area contributed by atoms with Crippen molar-refractivity contribution in [3.05, 3.63) is 48.6 Å². The molecule has 1 N–H and O–H groups in total. The van der Waals surface area contributed by atoms with Crippen molar-refractivity contribution in [2.75, 3.05) is 47.5 Å². The zero-order chi connectivity index (χ0) is 45.7. The zero-order valence-corrected chi connectivity index (χ0v) is 41.7. The molecule has 10 heteroatoms. The minimum absolute atomic E-state index is 0.0270. The second-order valence-corrected chi connectivity index (χ2v) is 19.6. The predicted octanol–water partition coefficient (Wildman–Crippen LogP) is 15.0. The van der Waals surface area contributed by atoms with Gasteiger partial charge in [-0.3, -0.25) is 18.6 Å². The van der Waals surface area contributed by atoms with Gasteiger partial charge in [0.2, 0.25) is 0 Å². The van der Waals surface area contributed by atoms with Crippen molar-refractivity contribution in [2.45, 2.75) is 225 Å². The quantitative estimate of drug-likeness (QED) is 0.0212. The van der Waals surface area contributed by atoms with Crippen LogP contribution < -0.4 is 0 Å². The highest BCUT2D eigenvalue weighted by Crippen LogP contribution is 2.43. The Labute approximate surface area is 382 Å². The Morgan fingerprint density at radius 1 is 0.500 bits per heavy atom. The van der Waals surface area contributed by atoms with Crippen molar-refractivity contribution in [1.29, 1.82) is 0 Å². The van der Waals surface area contributed by atoms with Crippen molar-refractivity contribution < 1.29 is 42.1 Å². The van der Waals surface area contributed by atoms with E-state index in [1.807, 2.05) is 21.1 Å². The second-order valence-electron chi connectivity index (χ2n) is 18.2. The zero-order valence-electron chi connectivity index (χ0n) is 40.9. The Balaban J connectivity index is 4.29. The molecule has 62 heavy (non-hydrogen) atoms. The minimum atomic E-state index is -4.39. The summed E-state index contributed by atoms with van der Waals surface area (Å²) in [4.78, 5) is 35.5. The largest absolute Gasteiger partial charge is 0.472 e. The Morgan fingerprint density at radius 3 is 1.34 bits per heavy atom. The summed E-state index contributed by atoms with van der Waals surface area (Å²) in [5.41, 5.74) is 0. The lowest BCUT2D eigenvalue weighted by Gasteiger charge is -2.24. The number of phosphoric ester groups is 1. The Bertz CT molecular complexity index is 1190. The maximum Gasteiger partial charge on any atom is 0.472 e. The van der Waals surface area contributed by atoms with Crippen LogP contribution in [0.5, 0.6) is 0 Å². The summed E-state index contributed by atoms with van der Waals surface area (Å²) in [6.45, 7) is 4.38. The fourth-order valence-electron chi connectivity index (χ4n) is 6.84. The highest BCUT2D eigenvalue weighted by atomic mass is 31.2. The number of phosphoric acid groups is 1. The fraction of sp³-hybridized carbons (Fsp3) is 0.808. The summed E-state index contributed by atoms with van der Waals surface area (Å²) < 4.78 is 34.4. The molecule has 0 aliphatic carbocycles. The fourth-order valence-corrected chi connectivity index (χ4v) is 7.58. The number of rotatable bonds is 46. The molecule has 9 nitrogen and oxygen atoms in total. The van der Waals surface area contributed by atoms with E-state index in [-0.39, 0.29) is 32.0 Å². The van der Waals surface area contributed by atoms with E-state index in [2.05, 4.69) is 62.5 Å². The highest BCUT2D eigenvalue weighted by Gasteiger charge is 2.27. The van der Waals surface area contributed by atoms with E-state index in [9.17, 15) is 19.0 Å². The van der Waals surface area contributed by atoms with Crippen molar-refractivity contribution in [1.82, 2.24) is 0 Å². The van der Waals surface area contributed by atoms with Crippen molar-refractivity contribution in [3.8, 4) is 0 Å². The molecule has 0 spiro atoms. The molecule has 0 rings (SSSR count). The first-order valence-electron chi connectivity index (χ1n) is 25.4. The first-order chi connectivity index (χ1) is 30.0. The predicted molar refractivity (Wildman–Crippen MR) is 261 cm³/mol. The summed E-state index contributed by atoms with van der Waals surface area (Å²) in [5, 5.41) is 0. The average Bonchev–Trinajstić information content (AvgIpc) is 3.23. The normalized spacial score (nSPS) is 13.8. The molecule has 0 amide bonds. The van der Waals surface area contributed by atoms with Gasteiger partial charge in [-0.05, 0) is 77.0 Å². The molecule has 0 bridgehead atoms. The van der Waals surface area contributed by atoms with Gasteiger partial charge in [-0.15, -0.1) is 0 Å². The Kier molecular flexibility index (Phi) is 42.7. The van der Waals surface area contributed by atoms with Gasteiger partial charge in [0.1, 0.15) is 19.8 Å². The minimum Gasteiger partial charge on any atom is -0.462 e. The van der Waals surface area contributed by atoms with Crippen molar-refractivity contribution >= 4 is 19.8 Å². The Morgan fingerprint density at radius 2 is 0.871 bits per heavy atom. The number of unbranched alkanes of at least 4 members (excludes halogenated alkanes) is 24. The van der Waals surface area contributed by atoms with E-state index in [4.69, 9.17) is 18.5 Å². The SMILES string of the molecule is CCCCC/C=C\C/C=C\C/C=C\CCCCCCC(=O)OC[C@H](COP(=O)(O)OCC[N+](C)(C)C)OC(=O)CCCCCCCCCCCCC/C=C\CCCCCCCC. The number of carbonyl (C=O) groups is 2. The third kappa shape index (κ3) is 47.4. The van der Waals surface area contributed by atoms with Gasteiger partial charge in [-0.2, -0.15) is 0 Å². The lowest BCUT2D eigenvalue weighted by molar-refractivity contribution is -0.870. The molecule has 1 unspecified atom stereocenters. The number of hydrogen-bond donors (Lipinski definition) is 1. The molecular formula is C52H97NO8P+. The summed E-state index contributed by atoms with van der Waals surface area (Å²) in [5.74, 6) is -0.821. The number of quaternary nitrogens is 1. The molecule has 0 saturated carbocycles. The molecule has 362 valence electrons. The first-order valence-corrected chi connectivity index (χ1v) is 26.9. The van der Waals surface area contributed by atoms with Crippen LogP contribution in [0.3, 0.4) is 0 Å². The Hall–Kier alpha value is -2.03. The molecule has 2 atom stereocenters. The average molecular weight is 895 g/mol. The van der Waals surface area contributed by atoms with Gasteiger partial charge < -0.3 is 18.9 Å². The van der Waals surface area contributed by atoms with Crippen LogP contribution in [-0.2, 0) is 32.7 Å². The molecule has 0 aliphatic rings. The molecule has 0 heterocycles. The first kappa shape index (κ1) is 60.0. The molecular weight excluding hydrogens is 798 g/mol. The lowest BCUT2D eigenvalue weighted by Crippen LogP contribution is -2.37. The van der Waals surface area contributed by atoms with E-state index in [0.717, 1.165) is 57.8 Å². The van der Waals surface area contributed by atoms with Crippen LogP contribution in [0, 0.1) is 0 Å². The third-order valence-electron chi connectivity index (χ3n) is 10.8. The van der Waals surface area contributed by atoms with E-state index in [1.165, 1.54) is 122 Å². The lowest BCUT2D eigenvalue weighted by atomic mass is 10.0. The van der Waals surface area contributed by atoms with Crippen LogP contribution in [0.15, 0.2) is 48.6 Å². The monoisotopic (exact) mass is 895 g/mol. The van der Waals surface area contributed by atoms with E-state index < -0.39 is 26.5 Å². The van der Waals surface area contributed by atoms with Crippen LogP contribution >= 0.6 is 7.82 Å². The van der Waals surface area contributed by atoms with Gasteiger partial charge in [0, 0.05) is 12.8 Å². The van der Waals surface area contributed by atoms with Crippen LogP contribution in [0.25, 0.3) is 0 Å². The van der Waals surface area contributed by atoms with Gasteiger partial charge in [0.25, 0.3) is 0 Å². The van der Waals surface area contributed by atoms with Gasteiger partial charge in [-0.1, -0.05) is 178 Å². The van der Waals surface area contributed by atoms with Crippen LogP contribution in [0.4, 0.5) is 0 Å². The number of esters is 2. The highest BCUT2D eigenvalue weighted by molar-refractivity contribution is 7.47. The molecule has 0 saturated heterocycles. The van der Waals surface area contributed by atoms with Crippen LogP contribution in [-0.4, -0.2) is 74.9 Å². The van der Waals surface area contributed by atoms with E-state index in [1.54, 1.807) is 0 Å². The number of ether oxygens (including phenoxy) is 2. The maximum absolute atomic E-state index is 12.8. The number of allylic oxidation sites excluding steroid dienone is 8. The van der Waals surface area contributed by atoms with E-state index in [0.29, 0.717) is 23.9 Å². The standard InChI is InChI=1S/C52H96NO8P/c1-6-8-10-12-14-16-18-20-22-24-25-26-27-29-31-33-35-37-39-41-43-45-52(55)61-50(49-60-62(56,57)59-47-46-53(3,4)5)48-58-51(54)44-42-40-38-36-34-32-30-28-23-21-19-17-15-13-11-9-7-2/h15,17,20-23,30,32,50H,6-14,16,18-19,24-29,31,33-49H2,1-5H3/p+1/b17-15-,22-20-,23-21-,32-30-/t50-/m1/s1. The third-order valence-corrected chi connectivity index (χ3v) is 11.8. The molecule has 0 fully saturated rings. The van der Waals surface area contributed by atoms with Crippen LogP contribution in [0.1, 0.15) is 219 Å². The summed E-state index contributed by atoms with van der Waals surface area (Å²) in [6.07, 6.45) is 53.0. The van der Waals surface area contributed by atoms with Gasteiger partial charge in [0.15, 0.2) is 6.10 Å². The van der Waals surface area contributed by atoms with Gasteiger partial charge >= 0.3 is 19.8 Å². The van der Waals surface area contributed by atoms with Crippen molar-refractivity contribution in [2.24, 2.45) is 0 Å². The molecule has 0 aromatic heterocycles. The second kappa shape index (κ2) is 44.2. The van der Waals surface area contributed by atoms with Gasteiger partial charge in [-0.25, -0.2) is 4.57 Å². The summed E-state index contributed by atoms with van der Waals surface area (Å²) in [7, 11) is 1.46. The molecule has 0 aromatic carbocycles. The van der Waals surface area contributed by atoms with Gasteiger partial charge in [0.05, 0.1) is 27.7 Å². The molecule has 0 radical (unpaired) electrons. The molecule has 0 aromatic rings. The van der Waals surface area contributed by atoms with Crippen LogP contribution in [0.2, 0.25) is 0 Å². The summed E-state index contributed by atoms with van der Waals surface area (Å²) in [6, 6.07) is 0. The maximum atomic E-state index is 12.8.